The Morgan fingerprint density at radius 1 is 1.22 bits per heavy atom. The largest absolute Gasteiger partial charge is 0.481 e. The van der Waals surface area contributed by atoms with E-state index < -0.39 is 0 Å². The van der Waals surface area contributed by atoms with Crippen LogP contribution in [0.2, 0.25) is 0 Å². The maximum atomic E-state index is 5.10. The lowest BCUT2D eigenvalue weighted by molar-refractivity contribution is 0.395. The Bertz CT molecular complexity index is 487. The molecule has 0 aliphatic rings. The lowest BCUT2D eigenvalue weighted by atomic mass is 10.1. The summed E-state index contributed by atoms with van der Waals surface area (Å²) in [5.74, 6) is 0.644. The Labute approximate surface area is 107 Å². The highest BCUT2D eigenvalue weighted by atomic mass is 16.5. The fourth-order valence-electron chi connectivity index (χ4n) is 1.70. The van der Waals surface area contributed by atoms with Crippen molar-refractivity contribution >= 4 is 0 Å². The van der Waals surface area contributed by atoms with E-state index in [-0.39, 0.29) is 6.04 Å². The van der Waals surface area contributed by atoms with E-state index in [1.807, 2.05) is 30.3 Å². The van der Waals surface area contributed by atoms with Crippen LogP contribution in [0.1, 0.15) is 24.2 Å². The van der Waals surface area contributed by atoms with E-state index in [0.29, 0.717) is 12.4 Å². The molecule has 0 aliphatic heterocycles. The number of aromatic nitrogens is 2. The predicted octanol–water partition coefficient (Wildman–Crippen LogP) is 2.34. The summed E-state index contributed by atoms with van der Waals surface area (Å²) in [6, 6.07) is 10.1. The summed E-state index contributed by atoms with van der Waals surface area (Å²) in [6.45, 7) is 2.83. The van der Waals surface area contributed by atoms with E-state index in [2.05, 4.69) is 22.2 Å². The molecule has 0 bridgehead atoms. The molecule has 18 heavy (non-hydrogen) atoms. The highest BCUT2D eigenvalue weighted by molar-refractivity contribution is 5.17. The van der Waals surface area contributed by atoms with Crippen LogP contribution in [0.15, 0.2) is 42.7 Å². The van der Waals surface area contributed by atoms with Crippen LogP contribution in [-0.2, 0) is 6.54 Å². The van der Waals surface area contributed by atoms with Gasteiger partial charge in [-0.1, -0.05) is 6.07 Å². The molecule has 2 heterocycles. The first-order valence-electron chi connectivity index (χ1n) is 5.93. The number of nitrogens with zero attached hydrogens (tertiary/aromatic N) is 2. The van der Waals surface area contributed by atoms with Gasteiger partial charge in [0.25, 0.3) is 0 Å². The highest BCUT2D eigenvalue weighted by Crippen LogP contribution is 2.12. The number of nitrogens with one attached hydrogen (secondary N) is 1. The van der Waals surface area contributed by atoms with E-state index in [9.17, 15) is 0 Å². The van der Waals surface area contributed by atoms with Crippen LogP contribution in [0.5, 0.6) is 5.88 Å². The van der Waals surface area contributed by atoms with Gasteiger partial charge in [-0.2, -0.15) is 0 Å². The molecule has 0 fully saturated rings. The third-order valence-corrected chi connectivity index (χ3v) is 2.79. The quantitative estimate of drug-likeness (QED) is 0.875. The summed E-state index contributed by atoms with van der Waals surface area (Å²) in [4.78, 5) is 8.37. The summed E-state index contributed by atoms with van der Waals surface area (Å²) >= 11 is 0. The number of rotatable bonds is 5. The minimum atomic E-state index is 0.265. The second-order valence-corrected chi connectivity index (χ2v) is 4.05. The van der Waals surface area contributed by atoms with Gasteiger partial charge in [0.05, 0.1) is 12.8 Å². The smallest absolute Gasteiger partial charge is 0.213 e. The molecule has 2 aromatic heterocycles. The molecule has 0 unspecified atom stereocenters. The average Bonchev–Trinajstić information content (AvgIpc) is 2.46. The van der Waals surface area contributed by atoms with Gasteiger partial charge in [-0.15, -0.1) is 0 Å². The summed E-state index contributed by atoms with van der Waals surface area (Å²) in [6.07, 6.45) is 3.61. The monoisotopic (exact) mass is 243 g/mol. The molecule has 0 saturated carbocycles. The van der Waals surface area contributed by atoms with Crippen molar-refractivity contribution in [1.29, 1.82) is 0 Å². The van der Waals surface area contributed by atoms with Crippen LogP contribution < -0.4 is 10.1 Å². The summed E-state index contributed by atoms with van der Waals surface area (Å²) < 4.78 is 5.10. The van der Waals surface area contributed by atoms with Gasteiger partial charge in [0.1, 0.15) is 0 Å². The van der Waals surface area contributed by atoms with Crippen LogP contribution in [0.3, 0.4) is 0 Å². The third kappa shape index (κ3) is 3.28. The van der Waals surface area contributed by atoms with Gasteiger partial charge in [0, 0.05) is 31.0 Å². The number of methoxy groups -OCH3 is 1. The van der Waals surface area contributed by atoms with Crippen molar-refractivity contribution in [3.8, 4) is 5.88 Å². The molecule has 0 aromatic carbocycles. The van der Waals surface area contributed by atoms with E-state index in [1.54, 1.807) is 19.5 Å². The number of ether oxygens (including phenoxy) is 1. The van der Waals surface area contributed by atoms with Gasteiger partial charge in [-0.05, 0) is 30.7 Å². The minimum Gasteiger partial charge on any atom is -0.481 e. The van der Waals surface area contributed by atoms with Crippen LogP contribution >= 0.6 is 0 Å². The molecule has 1 N–H and O–H groups in total. The molecule has 4 heteroatoms. The molecule has 0 spiro atoms. The average molecular weight is 243 g/mol. The number of hydrogen-bond acceptors (Lipinski definition) is 4. The molecule has 0 aliphatic carbocycles. The first kappa shape index (κ1) is 12.5. The van der Waals surface area contributed by atoms with Crippen molar-refractivity contribution < 1.29 is 4.74 Å². The lowest BCUT2D eigenvalue weighted by Crippen LogP contribution is -2.18. The molecule has 4 nitrogen and oxygen atoms in total. The zero-order valence-corrected chi connectivity index (χ0v) is 10.6. The maximum absolute atomic E-state index is 5.10. The fourth-order valence-corrected chi connectivity index (χ4v) is 1.70. The zero-order chi connectivity index (χ0) is 12.8. The van der Waals surface area contributed by atoms with E-state index in [4.69, 9.17) is 4.74 Å². The Morgan fingerprint density at radius 2 is 2.00 bits per heavy atom. The van der Waals surface area contributed by atoms with Gasteiger partial charge >= 0.3 is 0 Å². The van der Waals surface area contributed by atoms with Crippen LogP contribution in [0.4, 0.5) is 0 Å². The third-order valence-electron chi connectivity index (χ3n) is 2.79. The topological polar surface area (TPSA) is 47.0 Å². The summed E-state index contributed by atoms with van der Waals surface area (Å²) in [7, 11) is 1.62. The number of hydrogen-bond donors (Lipinski definition) is 1. The molecule has 2 aromatic rings. The van der Waals surface area contributed by atoms with E-state index >= 15 is 0 Å². The van der Waals surface area contributed by atoms with Crippen molar-refractivity contribution in [3.63, 3.8) is 0 Å². The normalized spacial score (nSPS) is 12.1. The highest BCUT2D eigenvalue weighted by Gasteiger charge is 2.05. The molecule has 2 rings (SSSR count). The van der Waals surface area contributed by atoms with Gasteiger partial charge in [0.15, 0.2) is 0 Å². The number of pyridine rings is 2. The van der Waals surface area contributed by atoms with Crippen molar-refractivity contribution in [3.05, 3.63) is 54.0 Å². The van der Waals surface area contributed by atoms with Gasteiger partial charge < -0.3 is 10.1 Å². The van der Waals surface area contributed by atoms with Crippen molar-refractivity contribution in [2.24, 2.45) is 0 Å². The van der Waals surface area contributed by atoms with Crippen molar-refractivity contribution in [2.45, 2.75) is 19.5 Å². The second-order valence-electron chi connectivity index (χ2n) is 4.05. The van der Waals surface area contributed by atoms with Crippen LogP contribution in [0, 0.1) is 0 Å². The Kier molecular flexibility index (Phi) is 4.25. The Hall–Kier alpha value is -1.94. The fraction of sp³-hybridized carbons (Fsp3) is 0.286. The summed E-state index contributed by atoms with van der Waals surface area (Å²) in [5, 5.41) is 3.42. The lowest BCUT2D eigenvalue weighted by Gasteiger charge is -2.13. The van der Waals surface area contributed by atoms with Crippen molar-refractivity contribution in [1.82, 2.24) is 15.3 Å². The first-order valence-corrected chi connectivity index (χ1v) is 5.93. The predicted molar refractivity (Wildman–Crippen MR) is 70.3 cm³/mol. The minimum absolute atomic E-state index is 0.265. The standard InChI is InChI=1S/C14H17N3O/c1-11(12-6-8-15-9-7-12)16-10-13-4-3-5-14(17-13)18-2/h3-9,11,16H,10H2,1-2H3/t11-/m1/s1. The molecular formula is C14H17N3O. The SMILES string of the molecule is COc1cccc(CN[C@H](C)c2ccncc2)n1. The van der Waals surface area contributed by atoms with E-state index in [0.717, 1.165) is 5.69 Å². The van der Waals surface area contributed by atoms with Gasteiger partial charge in [0.2, 0.25) is 5.88 Å². The summed E-state index contributed by atoms with van der Waals surface area (Å²) in [5.41, 5.74) is 2.18. The van der Waals surface area contributed by atoms with E-state index in [1.165, 1.54) is 5.56 Å². The zero-order valence-electron chi connectivity index (χ0n) is 10.6. The van der Waals surface area contributed by atoms with Crippen LogP contribution in [-0.4, -0.2) is 17.1 Å². The molecule has 0 amide bonds. The first-order chi connectivity index (χ1) is 8.79. The molecular weight excluding hydrogens is 226 g/mol. The van der Waals surface area contributed by atoms with Gasteiger partial charge in [-0.25, -0.2) is 4.98 Å². The molecule has 1 atom stereocenters. The molecule has 94 valence electrons. The van der Waals surface area contributed by atoms with Crippen molar-refractivity contribution in [2.75, 3.05) is 7.11 Å². The Morgan fingerprint density at radius 3 is 2.72 bits per heavy atom. The van der Waals surface area contributed by atoms with Crippen LogP contribution in [0.25, 0.3) is 0 Å². The molecule has 0 saturated heterocycles. The maximum Gasteiger partial charge on any atom is 0.213 e. The second kappa shape index (κ2) is 6.12. The Balaban J connectivity index is 1.95. The molecule has 0 radical (unpaired) electrons. The van der Waals surface area contributed by atoms with Gasteiger partial charge in [-0.3, -0.25) is 4.98 Å².